The molecule has 3 rings (SSSR count). The van der Waals surface area contributed by atoms with E-state index >= 15 is 0 Å². The van der Waals surface area contributed by atoms with Crippen LogP contribution >= 0.6 is 0 Å². The topological polar surface area (TPSA) is 51.4 Å². The molecule has 0 aliphatic rings. The van der Waals surface area contributed by atoms with E-state index in [1.54, 1.807) is 28.7 Å². The van der Waals surface area contributed by atoms with Crippen LogP contribution in [0.4, 0.5) is 4.39 Å². The third-order valence-electron chi connectivity index (χ3n) is 3.53. The normalized spacial score (nSPS) is 12.0. The van der Waals surface area contributed by atoms with Gasteiger partial charge in [-0.15, -0.1) is 0 Å². The van der Waals surface area contributed by atoms with E-state index in [0.29, 0.717) is 17.6 Å². The third kappa shape index (κ3) is 2.50. The van der Waals surface area contributed by atoms with Crippen molar-refractivity contribution in [3.05, 3.63) is 54.1 Å². The van der Waals surface area contributed by atoms with E-state index in [4.69, 9.17) is 0 Å². The highest BCUT2D eigenvalue weighted by Gasteiger charge is 2.15. The number of aromatic nitrogens is 2. The summed E-state index contributed by atoms with van der Waals surface area (Å²) in [5, 5.41) is 0. The van der Waals surface area contributed by atoms with Crippen LogP contribution in [0.1, 0.15) is 12.6 Å². The zero-order chi connectivity index (χ0) is 15.9. The highest BCUT2D eigenvalue weighted by Crippen LogP contribution is 2.28. The van der Waals surface area contributed by atoms with Crippen molar-refractivity contribution in [1.29, 1.82) is 0 Å². The van der Waals surface area contributed by atoms with Gasteiger partial charge >= 0.3 is 0 Å². The van der Waals surface area contributed by atoms with E-state index < -0.39 is 9.84 Å². The molecule has 6 heteroatoms. The molecule has 0 aliphatic carbocycles. The molecule has 0 saturated carbocycles. The maximum absolute atomic E-state index is 13.6. The largest absolute Gasteiger partial charge is 0.296 e. The summed E-state index contributed by atoms with van der Waals surface area (Å²) < 4.78 is 38.7. The fourth-order valence-corrected chi connectivity index (χ4v) is 3.16. The van der Waals surface area contributed by atoms with Crippen LogP contribution in [0.3, 0.4) is 0 Å². The van der Waals surface area contributed by atoms with Gasteiger partial charge in [-0.1, -0.05) is 19.1 Å². The second-order valence-corrected chi connectivity index (χ2v) is 7.15. The minimum absolute atomic E-state index is 0.235. The molecule has 0 unspecified atom stereocenters. The fourth-order valence-electron chi connectivity index (χ4n) is 2.49. The van der Waals surface area contributed by atoms with Gasteiger partial charge in [0.05, 0.1) is 16.3 Å². The number of benzene rings is 1. The van der Waals surface area contributed by atoms with Gasteiger partial charge in [0.2, 0.25) is 0 Å². The first kappa shape index (κ1) is 14.7. The first-order valence-corrected chi connectivity index (χ1v) is 8.76. The number of sulfone groups is 1. The number of nitrogens with zero attached hydrogens (tertiary/aromatic N) is 2. The molecule has 2 heterocycles. The Morgan fingerprint density at radius 2 is 2.00 bits per heavy atom. The quantitative estimate of drug-likeness (QED) is 0.745. The van der Waals surface area contributed by atoms with Gasteiger partial charge in [0.15, 0.2) is 9.84 Å². The predicted octanol–water partition coefficient (Wildman–Crippen LogP) is 3.11. The lowest BCUT2D eigenvalue weighted by atomic mass is 10.1. The van der Waals surface area contributed by atoms with Crippen LogP contribution in [0, 0.1) is 5.82 Å². The lowest BCUT2D eigenvalue weighted by Gasteiger charge is -2.06. The van der Waals surface area contributed by atoms with Gasteiger partial charge in [0, 0.05) is 18.0 Å². The van der Waals surface area contributed by atoms with E-state index in [-0.39, 0.29) is 10.7 Å². The second-order valence-electron chi connectivity index (χ2n) is 5.14. The monoisotopic (exact) mass is 318 g/mol. The molecule has 4 nitrogen and oxygen atoms in total. The van der Waals surface area contributed by atoms with Gasteiger partial charge < -0.3 is 0 Å². The molecule has 0 amide bonds. The van der Waals surface area contributed by atoms with Crippen molar-refractivity contribution in [2.75, 3.05) is 6.26 Å². The molecule has 1 aromatic carbocycles. The molecule has 114 valence electrons. The summed E-state index contributed by atoms with van der Waals surface area (Å²) in [5.41, 5.74) is 2.87. The highest BCUT2D eigenvalue weighted by molar-refractivity contribution is 7.90. The van der Waals surface area contributed by atoms with Crippen LogP contribution in [0.5, 0.6) is 0 Å². The minimum Gasteiger partial charge on any atom is -0.296 e. The Labute approximate surface area is 128 Å². The molecule has 0 N–H and O–H groups in total. The molecule has 2 aromatic heterocycles. The summed E-state index contributed by atoms with van der Waals surface area (Å²) in [6, 6.07) is 9.61. The summed E-state index contributed by atoms with van der Waals surface area (Å²) in [6.45, 7) is 1.96. The molecule has 0 bridgehead atoms. The second kappa shape index (κ2) is 5.21. The zero-order valence-corrected chi connectivity index (χ0v) is 13.1. The first-order valence-electron chi connectivity index (χ1n) is 6.87. The van der Waals surface area contributed by atoms with Gasteiger partial charge in [0.1, 0.15) is 11.5 Å². The Morgan fingerprint density at radius 1 is 1.23 bits per heavy atom. The molecular weight excluding hydrogens is 303 g/mol. The molecule has 3 aromatic rings. The lowest BCUT2D eigenvalue weighted by Crippen LogP contribution is -1.98. The molecular formula is C16H15FN2O2S. The van der Waals surface area contributed by atoms with Crippen molar-refractivity contribution >= 4 is 15.5 Å². The van der Waals surface area contributed by atoms with Crippen molar-refractivity contribution in [3.63, 3.8) is 0 Å². The Bertz CT molecular complexity index is 961. The summed E-state index contributed by atoms with van der Waals surface area (Å²) >= 11 is 0. The summed E-state index contributed by atoms with van der Waals surface area (Å²) in [4.78, 5) is 4.72. The molecule has 0 spiro atoms. The molecule has 0 fully saturated rings. The van der Waals surface area contributed by atoms with Crippen molar-refractivity contribution in [3.8, 4) is 11.3 Å². The first-order chi connectivity index (χ1) is 10.4. The zero-order valence-electron chi connectivity index (χ0n) is 12.2. The Morgan fingerprint density at radius 3 is 2.68 bits per heavy atom. The van der Waals surface area contributed by atoms with Gasteiger partial charge in [0.25, 0.3) is 0 Å². The lowest BCUT2D eigenvalue weighted by molar-refractivity contribution is 0.602. The number of hydrogen-bond donors (Lipinski definition) is 0. The molecule has 22 heavy (non-hydrogen) atoms. The Balaban J connectivity index is 2.32. The number of rotatable bonds is 3. The van der Waals surface area contributed by atoms with E-state index in [9.17, 15) is 12.8 Å². The summed E-state index contributed by atoms with van der Waals surface area (Å²) in [7, 11) is -3.30. The van der Waals surface area contributed by atoms with E-state index in [0.717, 1.165) is 11.4 Å². The maximum atomic E-state index is 13.6. The number of aryl methyl sites for hydroxylation is 1. The summed E-state index contributed by atoms with van der Waals surface area (Å²) in [5.74, 6) is -0.368. The average molecular weight is 318 g/mol. The van der Waals surface area contributed by atoms with E-state index in [2.05, 4.69) is 4.98 Å². The predicted molar refractivity (Wildman–Crippen MR) is 83.1 cm³/mol. The van der Waals surface area contributed by atoms with Crippen LogP contribution < -0.4 is 0 Å². The van der Waals surface area contributed by atoms with Crippen molar-refractivity contribution in [2.24, 2.45) is 0 Å². The minimum atomic E-state index is -3.30. The number of pyridine rings is 1. The van der Waals surface area contributed by atoms with Crippen LogP contribution in [0.15, 0.2) is 47.5 Å². The van der Waals surface area contributed by atoms with Gasteiger partial charge in [-0.2, -0.15) is 0 Å². The van der Waals surface area contributed by atoms with Crippen molar-refractivity contribution < 1.29 is 12.8 Å². The number of fused-ring (bicyclic) bond motifs is 1. The van der Waals surface area contributed by atoms with Crippen LogP contribution in [0.25, 0.3) is 16.9 Å². The number of hydrogen-bond acceptors (Lipinski definition) is 3. The summed E-state index contributed by atoms with van der Waals surface area (Å²) in [6.07, 6.45) is 3.20. The van der Waals surface area contributed by atoms with Gasteiger partial charge in [-0.05, 0) is 30.7 Å². The Hall–Kier alpha value is -2.21. The number of imidazole rings is 1. The molecule has 0 aliphatic heterocycles. The van der Waals surface area contributed by atoms with Gasteiger partial charge in [-0.25, -0.2) is 17.8 Å². The SMILES string of the molecule is CCc1nc2ccc(F)cn2c1-c1cccc(S(C)(=O)=O)c1. The van der Waals surface area contributed by atoms with Crippen molar-refractivity contribution in [1.82, 2.24) is 9.38 Å². The van der Waals surface area contributed by atoms with Gasteiger partial charge in [-0.3, -0.25) is 4.40 Å². The molecule has 0 atom stereocenters. The van der Waals surface area contributed by atoms with Crippen molar-refractivity contribution in [2.45, 2.75) is 18.2 Å². The average Bonchev–Trinajstić information content (AvgIpc) is 2.84. The smallest absolute Gasteiger partial charge is 0.175 e. The van der Waals surface area contributed by atoms with Crippen LogP contribution in [0.2, 0.25) is 0 Å². The highest BCUT2D eigenvalue weighted by atomic mass is 32.2. The van der Waals surface area contributed by atoms with E-state index in [1.165, 1.54) is 18.5 Å². The van der Waals surface area contributed by atoms with Crippen LogP contribution in [-0.4, -0.2) is 24.1 Å². The Kier molecular flexibility index (Phi) is 3.48. The standard InChI is InChI=1S/C16H15FN2O2S/c1-3-14-16(19-10-12(17)7-8-15(19)18-14)11-5-4-6-13(9-11)22(2,20)21/h4-10H,3H2,1-2H3. The number of halogens is 1. The van der Waals surface area contributed by atoms with E-state index in [1.807, 2.05) is 13.0 Å². The van der Waals surface area contributed by atoms with Crippen LogP contribution in [-0.2, 0) is 16.3 Å². The fraction of sp³-hybridized carbons (Fsp3) is 0.188. The maximum Gasteiger partial charge on any atom is 0.175 e. The third-order valence-corrected chi connectivity index (χ3v) is 4.64. The molecule has 0 radical (unpaired) electrons. The molecule has 0 saturated heterocycles.